The molecule has 3 N–H and O–H groups in total. The first-order chi connectivity index (χ1) is 7.06. The van der Waals surface area contributed by atoms with Gasteiger partial charge in [-0.3, -0.25) is 11.3 Å². The lowest BCUT2D eigenvalue weighted by molar-refractivity contribution is 0.0731. The van der Waals surface area contributed by atoms with Crippen LogP contribution in [0.4, 0.5) is 0 Å². The highest BCUT2D eigenvalue weighted by Crippen LogP contribution is 2.29. The van der Waals surface area contributed by atoms with Crippen molar-refractivity contribution in [1.29, 1.82) is 0 Å². The molecule has 0 spiro atoms. The molecule has 15 heavy (non-hydrogen) atoms. The van der Waals surface area contributed by atoms with Crippen LogP contribution in [0.5, 0.6) is 0 Å². The molecule has 0 aromatic heterocycles. The van der Waals surface area contributed by atoms with E-state index in [2.05, 4.69) is 38.3 Å². The topological polar surface area (TPSA) is 50.5 Å². The van der Waals surface area contributed by atoms with E-state index >= 15 is 0 Å². The maximum absolute atomic E-state index is 5.72. The molecular formula is C11H25N3O. The summed E-state index contributed by atoms with van der Waals surface area (Å²) in [6.45, 7) is 6.17. The Morgan fingerprint density at radius 1 is 1.60 bits per heavy atom. The second-order valence-electron chi connectivity index (χ2n) is 4.87. The van der Waals surface area contributed by atoms with E-state index < -0.39 is 0 Å². The van der Waals surface area contributed by atoms with Crippen LogP contribution in [-0.4, -0.2) is 43.8 Å². The molecule has 1 rings (SSSR count). The van der Waals surface area contributed by atoms with E-state index in [0.717, 1.165) is 26.1 Å². The van der Waals surface area contributed by atoms with Gasteiger partial charge in [0.1, 0.15) is 0 Å². The summed E-state index contributed by atoms with van der Waals surface area (Å²) in [4.78, 5) is 2.26. The molecule has 1 fully saturated rings. The van der Waals surface area contributed by atoms with Crippen molar-refractivity contribution >= 4 is 0 Å². The number of nitrogens with zero attached hydrogens (tertiary/aromatic N) is 1. The second kappa shape index (κ2) is 5.25. The van der Waals surface area contributed by atoms with Gasteiger partial charge in [-0.15, -0.1) is 0 Å². The number of hydrazine groups is 1. The van der Waals surface area contributed by atoms with E-state index in [-0.39, 0.29) is 5.54 Å². The molecule has 4 nitrogen and oxygen atoms in total. The third-order valence-corrected chi connectivity index (χ3v) is 4.02. The number of ether oxygens (including phenoxy) is 1. The van der Waals surface area contributed by atoms with Crippen LogP contribution >= 0.6 is 0 Å². The lowest BCUT2D eigenvalue weighted by Crippen LogP contribution is -2.61. The molecule has 0 amide bonds. The summed E-state index contributed by atoms with van der Waals surface area (Å²) in [7, 11) is 4.23. The van der Waals surface area contributed by atoms with Crippen LogP contribution in [0.1, 0.15) is 26.7 Å². The van der Waals surface area contributed by atoms with E-state index in [1.165, 1.54) is 0 Å². The molecule has 0 aromatic carbocycles. The molecule has 3 atom stereocenters. The number of nitrogens with one attached hydrogen (secondary N) is 1. The van der Waals surface area contributed by atoms with Crippen LogP contribution in [0.2, 0.25) is 0 Å². The fourth-order valence-electron chi connectivity index (χ4n) is 2.45. The molecule has 4 heteroatoms. The van der Waals surface area contributed by atoms with E-state index in [1.54, 1.807) is 0 Å². The normalized spacial score (nSPS) is 28.0. The van der Waals surface area contributed by atoms with Gasteiger partial charge < -0.3 is 9.64 Å². The molecule has 0 saturated carbocycles. The molecule has 0 radical (unpaired) electrons. The minimum Gasteiger partial charge on any atom is -0.381 e. The Morgan fingerprint density at radius 2 is 2.27 bits per heavy atom. The molecule has 3 unspecified atom stereocenters. The monoisotopic (exact) mass is 215 g/mol. The SMILES string of the molecule is CCC(C)(C(NN)C1CCOC1)N(C)C. The van der Waals surface area contributed by atoms with Crippen molar-refractivity contribution < 1.29 is 4.74 Å². The van der Waals surface area contributed by atoms with E-state index in [4.69, 9.17) is 10.6 Å². The average Bonchev–Trinajstić information content (AvgIpc) is 2.71. The quantitative estimate of drug-likeness (QED) is 0.520. The zero-order valence-electron chi connectivity index (χ0n) is 10.4. The van der Waals surface area contributed by atoms with Gasteiger partial charge in [-0.1, -0.05) is 6.92 Å². The van der Waals surface area contributed by atoms with Gasteiger partial charge in [0.15, 0.2) is 0 Å². The van der Waals surface area contributed by atoms with Gasteiger partial charge in [-0.25, -0.2) is 0 Å². The maximum atomic E-state index is 5.72. The van der Waals surface area contributed by atoms with Crippen molar-refractivity contribution in [2.24, 2.45) is 11.8 Å². The highest BCUT2D eigenvalue weighted by atomic mass is 16.5. The van der Waals surface area contributed by atoms with Gasteiger partial charge in [0, 0.05) is 24.1 Å². The average molecular weight is 215 g/mol. The molecule has 1 heterocycles. The highest BCUT2D eigenvalue weighted by Gasteiger charge is 2.40. The van der Waals surface area contributed by atoms with E-state index in [9.17, 15) is 0 Å². The Hall–Kier alpha value is -0.160. The zero-order chi connectivity index (χ0) is 11.5. The van der Waals surface area contributed by atoms with Crippen LogP contribution in [0.15, 0.2) is 0 Å². The second-order valence-corrected chi connectivity index (χ2v) is 4.87. The molecule has 0 bridgehead atoms. The van der Waals surface area contributed by atoms with Crippen molar-refractivity contribution in [1.82, 2.24) is 10.3 Å². The summed E-state index contributed by atoms with van der Waals surface area (Å²) < 4.78 is 5.45. The number of hydrogen-bond acceptors (Lipinski definition) is 4. The van der Waals surface area contributed by atoms with Crippen molar-refractivity contribution in [3.05, 3.63) is 0 Å². The summed E-state index contributed by atoms with van der Waals surface area (Å²) in [5.41, 5.74) is 3.09. The van der Waals surface area contributed by atoms with Crippen LogP contribution in [0, 0.1) is 5.92 Å². The predicted molar refractivity (Wildman–Crippen MR) is 62.4 cm³/mol. The summed E-state index contributed by atoms with van der Waals surface area (Å²) in [5, 5.41) is 0. The number of hydrogen-bond donors (Lipinski definition) is 2. The molecule has 0 aliphatic carbocycles. The smallest absolute Gasteiger partial charge is 0.0511 e. The first kappa shape index (κ1) is 12.9. The molecule has 1 saturated heterocycles. The Morgan fingerprint density at radius 3 is 2.60 bits per heavy atom. The zero-order valence-corrected chi connectivity index (χ0v) is 10.4. The Kier molecular flexibility index (Phi) is 4.52. The van der Waals surface area contributed by atoms with Crippen LogP contribution < -0.4 is 11.3 Å². The van der Waals surface area contributed by atoms with Gasteiger partial charge in [0.2, 0.25) is 0 Å². The van der Waals surface area contributed by atoms with Crippen molar-refractivity contribution in [3.8, 4) is 0 Å². The summed E-state index contributed by atoms with van der Waals surface area (Å²) in [6, 6.07) is 0.292. The first-order valence-corrected chi connectivity index (χ1v) is 5.77. The van der Waals surface area contributed by atoms with Gasteiger partial charge in [-0.2, -0.15) is 0 Å². The van der Waals surface area contributed by atoms with Crippen LogP contribution in [0.3, 0.4) is 0 Å². The third kappa shape index (κ3) is 2.50. The molecule has 0 aromatic rings. The Bertz CT molecular complexity index is 192. The van der Waals surface area contributed by atoms with Crippen molar-refractivity contribution in [2.75, 3.05) is 27.3 Å². The van der Waals surface area contributed by atoms with Crippen molar-refractivity contribution in [3.63, 3.8) is 0 Å². The summed E-state index contributed by atoms with van der Waals surface area (Å²) >= 11 is 0. The molecule has 1 aliphatic heterocycles. The van der Waals surface area contributed by atoms with E-state index in [1.807, 2.05) is 0 Å². The fraction of sp³-hybridized carbons (Fsp3) is 1.00. The minimum atomic E-state index is 0.0904. The third-order valence-electron chi connectivity index (χ3n) is 4.02. The fourth-order valence-corrected chi connectivity index (χ4v) is 2.45. The van der Waals surface area contributed by atoms with Crippen LogP contribution in [-0.2, 0) is 4.74 Å². The molecule has 1 aliphatic rings. The maximum Gasteiger partial charge on any atom is 0.0511 e. The molecular weight excluding hydrogens is 190 g/mol. The highest BCUT2D eigenvalue weighted by molar-refractivity contribution is 4.97. The summed E-state index contributed by atoms with van der Waals surface area (Å²) in [5.74, 6) is 6.25. The van der Waals surface area contributed by atoms with Crippen molar-refractivity contribution in [2.45, 2.75) is 38.3 Å². The lowest BCUT2D eigenvalue weighted by atomic mass is 9.80. The largest absolute Gasteiger partial charge is 0.381 e. The van der Waals surface area contributed by atoms with E-state index in [0.29, 0.717) is 12.0 Å². The summed E-state index contributed by atoms with van der Waals surface area (Å²) in [6.07, 6.45) is 2.18. The lowest BCUT2D eigenvalue weighted by Gasteiger charge is -2.44. The van der Waals surface area contributed by atoms with Crippen LogP contribution in [0.25, 0.3) is 0 Å². The van der Waals surface area contributed by atoms with Gasteiger partial charge in [0.05, 0.1) is 6.61 Å². The standard InChI is InChI=1S/C11H25N3O/c1-5-11(2,14(3)4)10(13-12)9-6-7-15-8-9/h9-10,13H,5-8,12H2,1-4H3. The minimum absolute atomic E-state index is 0.0904. The van der Waals surface area contributed by atoms with Gasteiger partial charge in [0.25, 0.3) is 0 Å². The Balaban J connectivity index is 2.77. The number of likely N-dealkylation sites (N-methyl/N-ethyl adjacent to an activating group) is 1. The molecule has 90 valence electrons. The number of rotatable bonds is 5. The predicted octanol–water partition coefficient (Wildman–Crippen LogP) is 0.585. The number of nitrogens with two attached hydrogens (primary N) is 1. The van der Waals surface area contributed by atoms with Gasteiger partial charge >= 0.3 is 0 Å². The van der Waals surface area contributed by atoms with Gasteiger partial charge in [-0.05, 0) is 33.9 Å². The Labute approximate surface area is 93.1 Å². The first-order valence-electron chi connectivity index (χ1n) is 5.77.